The lowest BCUT2D eigenvalue weighted by Crippen LogP contribution is -1.99. The van der Waals surface area contributed by atoms with Gasteiger partial charge in [-0.2, -0.15) is 0 Å². The molecule has 0 aromatic heterocycles. The normalized spacial score (nSPS) is 10.4. The number of aliphatic carboxylic acids is 1. The number of thioether (sulfide) groups is 1. The maximum Gasteiger partial charge on any atom is 0.307 e. The van der Waals surface area contributed by atoms with Crippen LogP contribution in [0.15, 0.2) is 29.2 Å². The Morgan fingerprint density at radius 3 is 2.41 bits per heavy atom. The number of carboxylic acid groups (broad SMARTS) is 1. The molecule has 0 aliphatic heterocycles. The third-order valence-electron chi connectivity index (χ3n) is 2.35. The van der Waals surface area contributed by atoms with Crippen LogP contribution in [0.25, 0.3) is 0 Å². The summed E-state index contributed by atoms with van der Waals surface area (Å²) in [5.41, 5.74) is 0.835. The van der Waals surface area contributed by atoms with Gasteiger partial charge in [-0.1, -0.05) is 18.6 Å². The molecule has 0 fully saturated rings. The fourth-order valence-corrected chi connectivity index (χ4v) is 2.37. The van der Waals surface area contributed by atoms with E-state index in [1.807, 2.05) is 24.3 Å². The van der Waals surface area contributed by atoms with Gasteiger partial charge in [0, 0.05) is 11.5 Å². The summed E-state index contributed by atoms with van der Waals surface area (Å²) >= 11 is 1.77. The van der Waals surface area contributed by atoms with Gasteiger partial charge in [-0.15, -0.1) is 11.8 Å². The predicted molar refractivity (Wildman–Crippen MR) is 69.4 cm³/mol. The molecular formula is C13H18O3S. The monoisotopic (exact) mass is 254 g/mol. The van der Waals surface area contributed by atoms with Gasteiger partial charge in [0.2, 0.25) is 0 Å². The van der Waals surface area contributed by atoms with Gasteiger partial charge in [0.1, 0.15) is 0 Å². The third kappa shape index (κ3) is 6.34. The van der Waals surface area contributed by atoms with Gasteiger partial charge in [0.15, 0.2) is 0 Å². The fourth-order valence-electron chi connectivity index (χ4n) is 1.46. The molecule has 1 rings (SSSR count). The molecule has 94 valence electrons. The molecule has 0 saturated carbocycles. The molecule has 4 heteroatoms. The van der Waals surface area contributed by atoms with E-state index in [-0.39, 0.29) is 13.0 Å². The Labute approximate surface area is 106 Å². The summed E-state index contributed by atoms with van der Waals surface area (Å²) in [6.07, 6.45) is 3.11. The summed E-state index contributed by atoms with van der Waals surface area (Å²) in [5.74, 6) is 0.243. The maximum atomic E-state index is 10.5. The number of aliphatic hydroxyl groups excluding tert-OH is 1. The molecule has 1 aromatic rings. The van der Waals surface area contributed by atoms with Crippen LogP contribution in [0.5, 0.6) is 0 Å². The van der Waals surface area contributed by atoms with Crippen LogP contribution in [0.1, 0.15) is 24.8 Å². The zero-order valence-corrected chi connectivity index (χ0v) is 10.6. The second-order valence-corrected chi connectivity index (χ2v) is 5.02. The topological polar surface area (TPSA) is 57.5 Å². The Bertz CT molecular complexity index is 335. The number of rotatable bonds is 8. The summed E-state index contributed by atoms with van der Waals surface area (Å²) in [6, 6.07) is 7.66. The third-order valence-corrected chi connectivity index (χ3v) is 3.45. The van der Waals surface area contributed by atoms with E-state index in [0.717, 1.165) is 30.6 Å². The number of hydrogen-bond donors (Lipinski definition) is 2. The minimum Gasteiger partial charge on any atom is -0.481 e. The van der Waals surface area contributed by atoms with E-state index < -0.39 is 5.97 Å². The molecule has 0 heterocycles. The van der Waals surface area contributed by atoms with Crippen LogP contribution < -0.4 is 0 Å². The minimum atomic E-state index is -0.797. The van der Waals surface area contributed by atoms with Crippen molar-refractivity contribution in [3.05, 3.63) is 29.8 Å². The molecule has 0 aliphatic carbocycles. The van der Waals surface area contributed by atoms with Crippen molar-refractivity contribution in [3.8, 4) is 0 Å². The van der Waals surface area contributed by atoms with E-state index in [1.54, 1.807) is 11.8 Å². The van der Waals surface area contributed by atoms with Gasteiger partial charge in [-0.3, -0.25) is 4.79 Å². The molecular weight excluding hydrogens is 236 g/mol. The molecule has 0 unspecified atom stereocenters. The van der Waals surface area contributed by atoms with Gasteiger partial charge in [-0.25, -0.2) is 0 Å². The van der Waals surface area contributed by atoms with Crippen molar-refractivity contribution in [1.82, 2.24) is 0 Å². The zero-order chi connectivity index (χ0) is 12.5. The van der Waals surface area contributed by atoms with Crippen LogP contribution in [-0.4, -0.2) is 28.5 Å². The quantitative estimate of drug-likeness (QED) is 0.553. The first kappa shape index (κ1) is 14.1. The Morgan fingerprint density at radius 2 is 1.82 bits per heavy atom. The highest BCUT2D eigenvalue weighted by molar-refractivity contribution is 7.99. The zero-order valence-electron chi connectivity index (χ0n) is 9.76. The van der Waals surface area contributed by atoms with Crippen LogP contribution in [0.4, 0.5) is 0 Å². The van der Waals surface area contributed by atoms with Gasteiger partial charge in [0.25, 0.3) is 0 Å². The second-order valence-electron chi connectivity index (χ2n) is 3.85. The summed E-state index contributed by atoms with van der Waals surface area (Å²) < 4.78 is 0. The molecule has 3 nitrogen and oxygen atoms in total. The lowest BCUT2D eigenvalue weighted by Gasteiger charge is -2.02. The van der Waals surface area contributed by atoms with Gasteiger partial charge in [0.05, 0.1) is 6.42 Å². The van der Waals surface area contributed by atoms with Crippen molar-refractivity contribution in [3.63, 3.8) is 0 Å². The van der Waals surface area contributed by atoms with Crippen molar-refractivity contribution < 1.29 is 15.0 Å². The number of aliphatic hydroxyl groups is 1. The van der Waals surface area contributed by atoms with E-state index in [0.29, 0.717) is 0 Å². The molecule has 0 saturated heterocycles. The number of carboxylic acids is 1. The summed E-state index contributed by atoms with van der Waals surface area (Å²) in [6.45, 7) is 0.272. The standard InChI is InChI=1S/C13H18O3S/c14-8-2-1-3-9-17-12-6-4-11(5-7-12)10-13(15)16/h4-7,14H,1-3,8-10H2,(H,15,16). The van der Waals surface area contributed by atoms with E-state index in [2.05, 4.69) is 0 Å². The predicted octanol–water partition coefficient (Wildman–Crippen LogP) is 2.57. The number of hydrogen-bond acceptors (Lipinski definition) is 3. The molecule has 0 atom stereocenters. The van der Waals surface area contributed by atoms with E-state index in [1.165, 1.54) is 4.90 Å². The van der Waals surface area contributed by atoms with Gasteiger partial charge >= 0.3 is 5.97 Å². The Morgan fingerprint density at radius 1 is 1.12 bits per heavy atom. The Balaban J connectivity index is 2.28. The summed E-state index contributed by atoms with van der Waals surface area (Å²) in [7, 11) is 0. The smallest absolute Gasteiger partial charge is 0.307 e. The summed E-state index contributed by atoms with van der Waals surface area (Å²) in [4.78, 5) is 11.7. The van der Waals surface area contributed by atoms with E-state index in [4.69, 9.17) is 10.2 Å². The van der Waals surface area contributed by atoms with Crippen molar-refractivity contribution in [1.29, 1.82) is 0 Å². The molecule has 0 radical (unpaired) electrons. The first-order valence-electron chi connectivity index (χ1n) is 5.77. The van der Waals surface area contributed by atoms with Crippen LogP contribution in [0.3, 0.4) is 0 Å². The van der Waals surface area contributed by atoms with E-state index >= 15 is 0 Å². The molecule has 17 heavy (non-hydrogen) atoms. The fraction of sp³-hybridized carbons (Fsp3) is 0.462. The highest BCUT2D eigenvalue weighted by atomic mass is 32.2. The van der Waals surface area contributed by atoms with E-state index in [9.17, 15) is 4.79 Å². The van der Waals surface area contributed by atoms with Crippen molar-refractivity contribution >= 4 is 17.7 Å². The molecule has 0 spiro atoms. The number of benzene rings is 1. The Kier molecular flexibility index (Phi) is 6.74. The average molecular weight is 254 g/mol. The SMILES string of the molecule is O=C(O)Cc1ccc(SCCCCCO)cc1. The lowest BCUT2D eigenvalue weighted by molar-refractivity contribution is -0.136. The van der Waals surface area contributed by atoms with Crippen LogP contribution in [-0.2, 0) is 11.2 Å². The number of carbonyl (C=O) groups is 1. The average Bonchev–Trinajstić information content (AvgIpc) is 2.30. The first-order valence-corrected chi connectivity index (χ1v) is 6.75. The van der Waals surface area contributed by atoms with Crippen molar-refractivity contribution in [2.45, 2.75) is 30.6 Å². The molecule has 0 amide bonds. The Hall–Kier alpha value is -1.00. The summed E-state index contributed by atoms with van der Waals surface area (Å²) in [5, 5.41) is 17.3. The highest BCUT2D eigenvalue weighted by Gasteiger charge is 2.00. The largest absolute Gasteiger partial charge is 0.481 e. The van der Waals surface area contributed by atoms with Crippen molar-refractivity contribution in [2.24, 2.45) is 0 Å². The van der Waals surface area contributed by atoms with Gasteiger partial charge in [-0.05, 0) is 36.3 Å². The van der Waals surface area contributed by atoms with Crippen LogP contribution in [0.2, 0.25) is 0 Å². The number of unbranched alkanes of at least 4 members (excludes halogenated alkanes) is 2. The van der Waals surface area contributed by atoms with Crippen molar-refractivity contribution in [2.75, 3.05) is 12.4 Å². The van der Waals surface area contributed by atoms with Gasteiger partial charge < -0.3 is 10.2 Å². The molecule has 0 aliphatic rings. The maximum absolute atomic E-state index is 10.5. The van der Waals surface area contributed by atoms with Crippen LogP contribution >= 0.6 is 11.8 Å². The molecule has 0 bridgehead atoms. The molecule has 2 N–H and O–H groups in total. The highest BCUT2D eigenvalue weighted by Crippen LogP contribution is 2.20. The minimum absolute atomic E-state index is 0.0848. The second kappa shape index (κ2) is 8.14. The molecule has 1 aromatic carbocycles. The first-order chi connectivity index (χ1) is 8.22. The van der Waals surface area contributed by atoms with Crippen LogP contribution in [0, 0.1) is 0 Å². The lowest BCUT2D eigenvalue weighted by atomic mass is 10.2.